The van der Waals surface area contributed by atoms with Crippen LogP contribution in [0, 0.1) is 0 Å². The monoisotopic (exact) mass is 421 g/mol. The van der Waals surface area contributed by atoms with E-state index in [1.807, 2.05) is 0 Å². The van der Waals surface area contributed by atoms with Crippen LogP contribution in [0.1, 0.15) is 29.0 Å². The first-order chi connectivity index (χ1) is 13.8. The van der Waals surface area contributed by atoms with Gasteiger partial charge in [0.1, 0.15) is 0 Å². The maximum absolute atomic E-state index is 5.93. The molecule has 0 N–H and O–H groups in total. The zero-order chi connectivity index (χ0) is 19.3. The minimum Gasteiger partial charge on any atom is -0.336 e. The Kier molecular flexibility index (Phi) is 6.40. The standard InChI is InChI=1S/C24H23NS3/c26-15-8-16-28-24(27)23-19-11-4-6-13-21(19)25(17-18-9-2-1-3-10-18)22-14-7-5-12-20(22)23/h1-7,9-14,23,26H,8,15-17H2. The second kappa shape index (κ2) is 9.17. The molecule has 3 aromatic rings. The van der Waals surface area contributed by atoms with Crippen LogP contribution in [0.3, 0.4) is 0 Å². The van der Waals surface area contributed by atoms with Crippen molar-refractivity contribution in [1.82, 2.24) is 0 Å². The summed E-state index contributed by atoms with van der Waals surface area (Å²) in [4.78, 5) is 2.43. The van der Waals surface area contributed by atoms with Gasteiger partial charge in [-0.3, -0.25) is 0 Å². The van der Waals surface area contributed by atoms with Gasteiger partial charge in [0.15, 0.2) is 0 Å². The molecule has 3 aromatic carbocycles. The predicted molar refractivity (Wildman–Crippen MR) is 131 cm³/mol. The first-order valence-electron chi connectivity index (χ1n) is 9.56. The van der Waals surface area contributed by atoms with Gasteiger partial charge in [0.25, 0.3) is 0 Å². The summed E-state index contributed by atoms with van der Waals surface area (Å²) in [6, 6.07) is 28.1. The molecule has 4 rings (SSSR count). The smallest absolute Gasteiger partial charge is 0.0599 e. The second-order valence-corrected chi connectivity index (χ2v) is 9.15. The van der Waals surface area contributed by atoms with Crippen LogP contribution in [0.4, 0.5) is 11.4 Å². The summed E-state index contributed by atoms with van der Waals surface area (Å²) in [5.41, 5.74) is 6.43. The molecular weight excluding hydrogens is 398 g/mol. The Bertz CT molecular complexity index is 907. The third-order valence-corrected chi connectivity index (χ3v) is 6.96. The van der Waals surface area contributed by atoms with Crippen LogP contribution >= 0.6 is 36.6 Å². The molecule has 0 spiro atoms. The zero-order valence-corrected chi connectivity index (χ0v) is 18.1. The van der Waals surface area contributed by atoms with E-state index in [-0.39, 0.29) is 5.92 Å². The molecule has 0 atom stereocenters. The largest absolute Gasteiger partial charge is 0.336 e. The second-order valence-electron chi connectivity index (χ2n) is 6.87. The van der Waals surface area contributed by atoms with Crippen LogP contribution in [0.15, 0.2) is 78.9 Å². The first-order valence-corrected chi connectivity index (χ1v) is 11.6. The summed E-state index contributed by atoms with van der Waals surface area (Å²) in [6.45, 7) is 0.848. The molecule has 1 aliphatic heterocycles. The predicted octanol–water partition coefficient (Wildman–Crippen LogP) is 6.85. The van der Waals surface area contributed by atoms with Crippen molar-refractivity contribution in [1.29, 1.82) is 0 Å². The molecule has 0 amide bonds. The molecule has 0 aromatic heterocycles. The van der Waals surface area contributed by atoms with Crippen molar-refractivity contribution < 1.29 is 0 Å². The molecule has 0 saturated carbocycles. The van der Waals surface area contributed by atoms with Crippen LogP contribution in [-0.2, 0) is 6.54 Å². The molecule has 0 saturated heterocycles. The van der Waals surface area contributed by atoms with E-state index in [4.69, 9.17) is 12.2 Å². The van der Waals surface area contributed by atoms with Gasteiger partial charge in [0, 0.05) is 17.9 Å². The van der Waals surface area contributed by atoms with Gasteiger partial charge >= 0.3 is 0 Å². The SMILES string of the molecule is S=C(SCCCS)C1c2ccccc2N(Cc2ccccc2)c2ccccc21. The summed E-state index contributed by atoms with van der Waals surface area (Å²) in [6.07, 6.45) is 1.07. The Morgan fingerprint density at radius 1 is 0.857 bits per heavy atom. The lowest BCUT2D eigenvalue weighted by molar-refractivity contribution is 0.910. The van der Waals surface area contributed by atoms with Crippen molar-refractivity contribution in [2.75, 3.05) is 16.4 Å². The minimum atomic E-state index is 0.152. The Hall–Kier alpha value is -1.75. The van der Waals surface area contributed by atoms with Crippen LogP contribution in [0.2, 0.25) is 0 Å². The highest BCUT2D eigenvalue weighted by molar-refractivity contribution is 8.23. The number of thiocarbonyl (C=S) groups is 1. The van der Waals surface area contributed by atoms with Gasteiger partial charge < -0.3 is 4.90 Å². The number of thioether (sulfide) groups is 1. The maximum atomic E-state index is 5.93. The van der Waals surface area contributed by atoms with Crippen LogP contribution < -0.4 is 4.90 Å². The van der Waals surface area contributed by atoms with E-state index in [9.17, 15) is 0 Å². The number of hydrogen-bond acceptors (Lipinski definition) is 4. The van der Waals surface area contributed by atoms with Crippen molar-refractivity contribution in [2.24, 2.45) is 0 Å². The number of para-hydroxylation sites is 2. The summed E-state index contributed by atoms with van der Waals surface area (Å²) in [5, 5.41) is 0. The van der Waals surface area contributed by atoms with E-state index < -0.39 is 0 Å². The number of anilines is 2. The average molecular weight is 422 g/mol. The minimum absolute atomic E-state index is 0.152. The van der Waals surface area contributed by atoms with Gasteiger partial charge in [-0.25, -0.2) is 0 Å². The Morgan fingerprint density at radius 3 is 2.04 bits per heavy atom. The number of thiol groups is 1. The highest BCUT2D eigenvalue weighted by atomic mass is 32.2. The number of rotatable bonds is 6. The Balaban J connectivity index is 1.76. The van der Waals surface area contributed by atoms with Crippen molar-refractivity contribution in [3.8, 4) is 0 Å². The summed E-state index contributed by atoms with van der Waals surface area (Å²) >= 11 is 12.1. The van der Waals surface area contributed by atoms with Crippen molar-refractivity contribution in [2.45, 2.75) is 18.9 Å². The highest BCUT2D eigenvalue weighted by Gasteiger charge is 2.32. The molecule has 1 heterocycles. The van der Waals surface area contributed by atoms with E-state index >= 15 is 0 Å². The van der Waals surface area contributed by atoms with Crippen molar-refractivity contribution in [3.63, 3.8) is 0 Å². The van der Waals surface area contributed by atoms with Gasteiger partial charge in [0.2, 0.25) is 0 Å². The highest BCUT2D eigenvalue weighted by Crippen LogP contribution is 2.48. The molecule has 28 heavy (non-hydrogen) atoms. The van der Waals surface area contributed by atoms with E-state index in [1.165, 1.54) is 28.1 Å². The Labute approximate surface area is 182 Å². The molecule has 0 radical (unpaired) electrons. The third-order valence-electron chi connectivity index (χ3n) is 5.04. The fourth-order valence-electron chi connectivity index (χ4n) is 3.76. The first kappa shape index (κ1) is 19.6. The number of nitrogens with zero attached hydrogens (tertiary/aromatic N) is 1. The molecule has 0 fully saturated rings. The zero-order valence-electron chi connectivity index (χ0n) is 15.6. The summed E-state index contributed by atoms with van der Waals surface area (Å²) in [7, 11) is 0. The average Bonchev–Trinajstić information content (AvgIpc) is 2.74. The molecule has 4 heteroatoms. The van der Waals surface area contributed by atoms with Crippen molar-refractivity contribution >= 4 is 52.2 Å². The lowest BCUT2D eigenvalue weighted by Gasteiger charge is -2.38. The normalized spacial score (nSPS) is 13.1. The number of hydrogen-bond donors (Lipinski definition) is 1. The molecular formula is C24H23NS3. The van der Waals surface area contributed by atoms with E-state index in [0.717, 1.165) is 28.7 Å². The van der Waals surface area contributed by atoms with E-state index in [1.54, 1.807) is 11.8 Å². The lowest BCUT2D eigenvalue weighted by Crippen LogP contribution is -2.27. The van der Waals surface area contributed by atoms with Gasteiger partial charge in [-0.2, -0.15) is 12.6 Å². The van der Waals surface area contributed by atoms with Crippen LogP contribution in [-0.4, -0.2) is 15.7 Å². The maximum Gasteiger partial charge on any atom is 0.0599 e. The molecule has 0 aliphatic carbocycles. The van der Waals surface area contributed by atoms with E-state index in [0.29, 0.717) is 0 Å². The molecule has 1 nitrogen and oxygen atoms in total. The number of benzene rings is 3. The fraction of sp³-hybridized carbons (Fsp3) is 0.208. The quantitative estimate of drug-likeness (QED) is 0.263. The summed E-state index contributed by atoms with van der Waals surface area (Å²) < 4.78 is 1.06. The fourth-order valence-corrected chi connectivity index (χ4v) is 5.55. The van der Waals surface area contributed by atoms with Gasteiger partial charge in [0.05, 0.1) is 10.1 Å². The third kappa shape index (κ3) is 4.00. The molecule has 0 unspecified atom stereocenters. The lowest BCUT2D eigenvalue weighted by atomic mass is 9.86. The topological polar surface area (TPSA) is 3.24 Å². The van der Waals surface area contributed by atoms with Crippen LogP contribution in [0.5, 0.6) is 0 Å². The van der Waals surface area contributed by atoms with E-state index in [2.05, 4.69) is 96.4 Å². The molecule has 142 valence electrons. The molecule has 0 bridgehead atoms. The van der Waals surface area contributed by atoms with Crippen LogP contribution in [0.25, 0.3) is 0 Å². The van der Waals surface area contributed by atoms with Gasteiger partial charge in [-0.1, -0.05) is 78.9 Å². The summed E-state index contributed by atoms with van der Waals surface area (Å²) in [5.74, 6) is 2.08. The Morgan fingerprint density at radius 2 is 1.43 bits per heavy atom. The van der Waals surface area contributed by atoms with Gasteiger partial charge in [-0.05, 0) is 46.7 Å². The molecule has 1 aliphatic rings. The van der Waals surface area contributed by atoms with Gasteiger partial charge in [-0.15, -0.1) is 11.8 Å². The number of fused-ring (bicyclic) bond motifs is 2. The van der Waals surface area contributed by atoms with Crippen molar-refractivity contribution in [3.05, 3.63) is 95.6 Å².